The molecule has 0 aromatic carbocycles. The molecule has 1 unspecified atom stereocenters. The highest BCUT2D eigenvalue weighted by Gasteiger charge is 2.50. The number of ether oxygens (including phenoxy) is 4. The van der Waals surface area contributed by atoms with Gasteiger partial charge in [-0.05, 0) is 6.42 Å². The van der Waals surface area contributed by atoms with Crippen LogP contribution in [0.1, 0.15) is 12.8 Å². The Hall–Kier alpha value is -0.880. The molecule has 0 saturated carbocycles. The van der Waals surface area contributed by atoms with Gasteiger partial charge in [0.05, 0.1) is 19.8 Å². The molecule has 0 aromatic rings. The van der Waals surface area contributed by atoms with E-state index in [4.69, 9.17) is 25.4 Å². The van der Waals surface area contributed by atoms with Gasteiger partial charge in [0.2, 0.25) is 0 Å². The van der Waals surface area contributed by atoms with Crippen LogP contribution in [0.4, 0.5) is 0 Å². The molecule has 2 aliphatic heterocycles. The summed E-state index contributed by atoms with van der Waals surface area (Å²) in [6, 6.07) is 0. The highest BCUT2D eigenvalue weighted by Crippen LogP contribution is 2.29. The Morgan fingerprint density at radius 2 is 1.39 bits per heavy atom. The average molecular weight is 408 g/mol. The summed E-state index contributed by atoms with van der Waals surface area (Å²) in [4.78, 5) is 0. The zero-order valence-corrected chi connectivity index (χ0v) is 15.1. The van der Waals surface area contributed by atoms with Gasteiger partial charge in [-0.1, -0.05) is 0 Å². The molecular weight excluding hydrogens is 380 g/mol. The first-order valence-corrected chi connectivity index (χ1v) is 8.99. The van der Waals surface area contributed by atoms with Crippen LogP contribution in [0.25, 0.3) is 0 Å². The Bertz CT molecular complexity index is 508. The Balaban J connectivity index is 2.03. The maximum Gasteiger partial charge on any atom is 0.187 e. The van der Waals surface area contributed by atoms with E-state index >= 15 is 0 Å². The quantitative estimate of drug-likeness (QED) is 0.154. The highest BCUT2D eigenvalue weighted by molar-refractivity contribution is 4.94. The number of aliphatic hydroxyl groups is 7. The molecule has 11 heteroatoms. The molecule has 2 saturated heterocycles. The fraction of sp³-hybridized carbons (Fsp3) is 0.882. The normalized spacial score (nSPS) is 44.2. The first kappa shape index (κ1) is 23.4. The van der Waals surface area contributed by atoms with Crippen molar-refractivity contribution in [3.63, 3.8) is 0 Å². The lowest BCUT2D eigenvalue weighted by atomic mass is 9.97. The van der Waals surface area contributed by atoms with Crippen LogP contribution in [0.3, 0.4) is 0 Å². The fourth-order valence-corrected chi connectivity index (χ4v) is 3.07. The standard InChI is InChI=1S/C17H28O11/c1-2-3-4-5-25-16-14(24)12(22)15(9(7-19)27-16)28-17-13(23)11(21)10(20)8(6-18)26-17/h1,8-24H,3-7H2/t8-,9-,10-,11+,12-,13-,14-,15-,16?,17-/m1/s1. The zero-order valence-electron chi connectivity index (χ0n) is 15.1. The van der Waals surface area contributed by atoms with Gasteiger partial charge >= 0.3 is 0 Å². The number of rotatable bonds is 8. The Morgan fingerprint density at radius 3 is 2.00 bits per heavy atom. The van der Waals surface area contributed by atoms with Crippen LogP contribution in [0, 0.1) is 12.3 Å². The minimum absolute atomic E-state index is 0.162. The molecule has 2 rings (SSSR count). The third-order valence-electron chi connectivity index (χ3n) is 4.71. The highest BCUT2D eigenvalue weighted by atomic mass is 16.7. The predicted molar refractivity (Wildman–Crippen MR) is 90.4 cm³/mol. The van der Waals surface area contributed by atoms with E-state index < -0.39 is 74.6 Å². The maximum absolute atomic E-state index is 10.4. The summed E-state index contributed by atoms with van der Waals surface area (Å²) in [5.74, 6) is 2.43. The monoisotopic (exact) mass is 408 g/mol. The van der Waals surface area contributed by atoms with E-state index in [0.29, 0.717) is 12.8 Å². The third kappa shape index (κ3) is 5.18. The summed E-state index contributed by atoms with van der Waals surface area (Å²) < 4.78 is 21.4. The van der Waals surface area contributed by atoms with Crippen LogP contribution in [-0.2, 0) is 18.9 Å². The van der Waals surface area contributed by atoms with Gasteiger partial charge in [-0.25, -0.2) is 0 Å². The number of unbranched alkanes of at least 4 members (excludes halogenated alkanes) is 1. The van der Waals surface area contributed by atoms with Gasteiger partial charge in [0, 0.05) is 6.42 Å². The van der Waals surface area contributed by atoms with Crippen molar-refractivity contribution in [1.82, 2.24) is 0 Å². The summed E-state index contributed by atoms with van der Waals surface area (Å²) in [7, 11) is 0. The molecule has 7 N–H and O–H groups in total. The largest absolute Gasteiger partial charge is 0.394 e. The van der Waals surface area contributed by atoms with Gasteiger partial charge < -0.3 is 54.7 Å². The van der Waals surface area contributed by atoms with Crippen LogP contribution >= 0.6 is 0 Å². The molecule has 10 atom stereocenters. The second-order valence-corrected chi connectivity index (χ2v) is 6.68. The molecule has 2 aliphatic rings. The van der Waals surface area contributed by atoms with Crippen molar-refractivity contribution in [2.75, 3.05) is 19.8 Å². The lowest BCUT2D eigenvalue weighted by Crippen LogP contribution is -2.64. The van der Waals surface area contributed by atoms with Gasteiger partial charge in [-0.2, -0.15) is 0 Å². The second kappa shape index (κ2) is 10.8. The van der Waals surface area contributed by atoms with Crippen molar-refractivity contribution >= 4 is 0 Å². The van der Waals surface area contributed by atoms with E-state index in [-0.39, 0.29) is 6.61 Å². The first-order chi connectivity index (χ1) is 13.3. The average Bonchev–Trinajstić information content (AvgIpc) is 2.70. The fourth-order valence-electron chi connectivity index (χ4n) is 3.07. The van der Waals surface area contributed by atoms with Crippen molar-refractivity contribution in [1.29, 1.82) is 0 Å². The Morgan fingerprint density at radius 1 is 0.786 bits per heavy atom. The zero-order chi connectivity index (χ0) is 20.8. The molecule has 0 spiro atoms. The minimum Gasteiger partial charge on any atom is -0.394 e. The molecule has 2 fully saturated rings. The summed E-state index contributed by atoms with van der Waals surface area (Å²) in [6.07, 6.45) is -8.50. The van der Waals surface area contributed by atoms with Gasteiger partial charge in [0.15, 0.2) is 12.6 Å². The smallest absolute Gasteiger partial charge is 0.187 e. The number of terminal acetylenes is 1. The topological polar surface area (TPSA) is 179 Å². The molecule has 28 heavy (non-hydrogen) atoms. The first-order valence-electron chi connectivity index (χ1n) is 8.99. The SMILES string of the molecule is C#CCCCOC1O[C@H](CO)[C@@H](O[C@H]2O[C@H](CO)[C@@H](O)[C@H](O)[C@H]2O)[C@H](O)[C@H]1O. The predicted octanol–water partition coefficient (Wildman–Crippen LogP) is -3.96. The summed E-state index contributed by atoms with van der Waals surface area (Å²) in [6.45, 7) is -1.11. The van der Waals surface area contributed by atoms with E-state index in [1.807, 2.05) is 0 Å². The van der Waals surface area contributed by atoms with Crippen molar-refractivity contribution in [3.05, 3.63) is 0 Å². The lowest BCUT2D eigenvalue weighted by molar-refractivity contribution is -0.359. The number of hydrogen-bond acceptors (Lipinski definition) is 11. The van der Waals surface area contributed by atoms with E-state index in [0.717, 1.165) is 0 Å². The van der Waals surface area contributed by atoms with Gasteiger partial charge in [0.25, 0.3) is 0 Å². The molecule has 0 bridgehead atoms. The van der Waals surface area contributed by atoms with Crippen LogP contribution in [0.2, 0.25) is 0 Å². The summed E-state index contributed by atoms with van der Waals surface area (Å²) >= 11 is 0. The molecular formula is C17H28O11. The van der Waals surface area contributed by atoms with E-state index in [2.05, 4.69) is 5.92 Å². The lowest BCUT2D eigenvalue weighted by Gasteiger charge is -2.45. The minimum atomic E-state index is -1.71. The maximum atomic E-state index is 10.4. The summed E-state index contributed by atoms with van der Waals surface area (Å²) in [5.41, 5.74) is 0. The molecule has 0 aromatic heterocycles. The molecule has 11 nitrogen and oxygen atoms in total. The van der Waals surface area contributed by atoms with E-state index in [1.54, 1.807) is 0 Å². The number of aliphatic hydroxyl groups excluding tert-OH is 7. The van der Waals surface area contributed by atoms with E-state index in [1.165, 1.54) is 0 Å². The van der Waals surface area contributed by atoms with E-state index in [9.17, 15) is 35.7 Å². The molecule has 0 amide bonds. The second-order valence-electron chi connectivity index (χ2n) is 6.68. The van der Waals surface area contributed by atoms with Gasteiger partial charge in [-0.3, -0.25) is 0 Å². The van der Waals surface area contributed by atoms with Crippen LogP contribution in [-0.4, -0.2) is 117 Å². The van der Waals surface area contributed by atoms with Crippen molar-refractivity contribution in [2.24, 2.45) is 0 Å². The Labute approximate surface area is 162 Å². The molecule has 162 valence electrons. The van der Waals surface area contributed by atoms with Crippen LogP contribution < -0.4 is 0 Å². The Kier molecular flexibility index (Phi) is 9.00. The summed E-state index contributed by atoms with van der Waals surface area (Å²) in [5, 5.41) is 69.1. The van der Waals surface area contributed by atoms with Gasteiger partial charge in [0.1, 0.15) is 48.8 Å². The number of hydrogen-bond donors (Lipinski definition) is 7. The third-order valence-corrected chi connectivity index (χ3v) is 4.71. The van der Waals surface area contributed by atoms with Crippen LogP contribution in [0.15, 0.2) is 0 Å². The van der Waals surface area contributed by atoms with Crippen LogP contribution in [0.5, 0.6) is 0 Å². The van der Waals surface area contributed by atoms with Gasteiger partial charge in [-0.15, -0.1) is 12.3 Å². The molecule has 0 aliphatic carbocycles. The van der Waals surface area contributed by atoms with Crippen molar-refractivity contribution in [2.45, 2.75) is 74.3 Å². The van der Waals surface area contributed by atoms with Crippen molar-refractivity contribution in [3.8, 4) is 12.3 Å². The molecule has 2 heterocycles. The van der Waals surface area contributed by atoms with Crippen molar-refractivity contribution < 1.29 is 54.7 Å². The molecule has 0 radical (unpaired) electrons.